The van der Waals surface area contributed by atoms with Crippen molar-refractivity contribution in [2.75, 3.05) is 13.2 Å². The summed E-state index contributed by atoms with van der Waals surface area (Å²) in [5.41, 5.74) is -0.176. The molecular formula is C19H46O6P2. The molecule has 0 bridgehead atoms. The third-order valence-corrected chi connectivity index (χ3v) is 11.7. The summed E-state index contributed by atoms with van der Waals surface area (Å²) >= 11 is 0. The van der Waals surface area contributed by atoms with Crippen LogP contribution in [-0.2, 0) is 9.13 Å². The lowest BCUT2D eigenvalue weighted by Crippen LogP contribution is -2.11. The van der Waals surface area contributed by atoms with E-state index < -0.39 is 14.7 Å². The van der Waals surface area contributed by atoms with Crippen LogP contribution >= 0.6 is 14.7 Å². The van der Waals surface area contributed by atoms with Gasteiger partial charge in [0.25, 0.3) is 0 Å². The van der Waals surface area contributed by atoms with Gasteiger partial charge in [-0.15, -0.1) is 0 Å². The van der Waals surface area contributed by atoms with Crippen LogP contribution in [0.5, 0.6) is 0 Å². The first-order chi connectivity index (χ1) is 12.3. The van der Waals surface area contributed by atoms with Gasteiger partial charge in [-0.25, -0.2) is 0 Å². The summed E-state index contributed by atoms with van der Waals surface area (Å²) in [6.07, 6.45) is 3.66. The molecule has 0 saturated heterocycles. The summed E-state index contributed by atoms with van der Waals surface area (Å²) in [5, 5.41) is 15.8. The third-order valence-electron chi connectivity index (χ3n) is 5.21. The summed E-state index contributed by atoms with van der Waals surface area (Å²) in [6, 6.07) is 0. The molecule has 0 aromatic heterocycles. The van der Waals surface area contributed by atoms with E-state index in [9.17, 15) is 18.9 Å². The number of aliphatic hydroxyl groups is 2. The van der Waals surface area contributed by atoms with Gasteiger partial charge in [0.1, 0.15) is 0 Å². The number of hydrogen-bond acceptors (Lipinski definition) is 4. The van der Waals surface area contributed by atoms with Crippen molar-refractivity contribution in [2.24, 2.45) is 0 Å². The molecule has 0 aliphatic heterocycles. The van der Waals surface area contributed by atoms with Gasteiger partial charge >= 0.3 is 0 Å². The fourth-order valence-corrected chi connectivity index (χ4v) is 5.82. The first-order valence-corrected chi connectivity index (χ1v) is 13.8. The third kappa shape index (κ3) is 13.2. The Hall–Kier alpha value is 0.300. The molecule has 8 heteroatoms. The van der Waals surface area contributed by atoms with Crippen molar-refractivity contribution in [3.05, 3.63) is 0 Å². The van der Waals surface area contributed by atoms with Gasteiger partial charge in [0.05, 0.1) is 0 Å². The number of aliphatic hydroxyl groups excluding tert-OH is 2. The van der Waals surface area contributed by atoms with Gasteiger partial charge in [0.2, 0.25) is 14.7 Å². The van der Waals surface area contributed by atoms with Crippen molar-refractivity contribution < 1.29 is 29.1 Å². The summed E-state index contributed by atoms with van der Waals surface area (Å²) < 4.78 is 23.3. The molecule has 168 valence electrons. The Bertz CT molecular complexity index is 364. The fourth-order valence-electron chi connectivity index (χ4n) is 1.99. The molecule has 0 aliphatic carbocycles. The van der Waals surface area contributed by atoms with E-state index in [1.807, 2.05) is 55.4 Å². The number of rotatable bonds is 10. The lowest BCUT2D eigenvalue weighted by Gasteiger charge is -2.23. The molecule has 0 aliphatic rings. The van der Waals surface area contributed by atoms with Gasteiger partial charge in [0.15, 0.2) is 0 Å². The van der Waals surface area contributed by atoms with Gasteiger partial charge in [-0.1, -0.05) is 55.4 Å². The standard InChI is InChI=1S/2C8H19O2P.C3H8O2/c2*1-5-7(3)11(9,10)8(4)6-2;4-2-1-3-5/h2*7-8H,5-6H2,1-4H3,(H,9,10);4-5H,1-3H2. The van der Waals surface area contributed by atoms with Crippen molar-refractivity contribution in [1.29, 1.82) is 0 Å². The molecule has 4 unspecified atom stereocenters. The quantitative estimate of drug-likeness (QED) is 0.358. The average Bonchev–Trinajstić information content (AvgIpc) is 2.66. The van der Waals surface area contributed by atoms with Crippen molar-refractivity contribution in [1.82, 2.24) is 0 Å². The second-order valence-corrected chi connectivity index (χ2v) is 13.4. The minimum absolute atomic E-state index is 0.0440. The van der Waals surface area contributed by atoms with Crippen LogP contribution in [0.25, 0.3) is 0 Å². The van der Waals surface area contributed by atoms with Gasteiger partial charge < -0.3 is 20.0 Å². The largest absolute Gasteiger partial charge is 0.396 e. The molecule has 4 N–H and O–H groups in total. The topological polar surface area (TPSA) is 115 Å². The van der Waals surface area contributed by atoms with E-state index in [0.717, 1.165) is 25.7 Å². The predicted octanol–water partition coefficient (Wildman–Crippen LogP) is 5.07. The molecule has 4 atom stereocenters. The van der Waals surface area contributed by atoms with E-state index in [1.54, 1.807) is 0 Å². The summed E-state index contributed by atoms with van der Waals surface area (Å²) in [4.78, 5) is 19.2. The van der Waals surface area contributed by atoms with Gasteiger partial charge in [-0.05, 0) is 32.1 Å². The molecule has 0 saturated carbocycles. The minimum Gasteiger partial charge on any atom is -0.396 e. The highest BCUT2D eigenvalue weighted by Gasteiger charge is 2.31. The van der Waals surface area contributed by atoms with Crippen molar-refractivity contribution in [3.8, 4) is 0 Å². The molecule has 0 heterocycles. The van der Waals surface area contributed by atoms with Gasteiger partial charge in [0, 0.05) is 35.8 Å². The molecular weight excluding hydrogens is 386 g/mol. The lowest BCUT2D eigenvalue weighted by molar-refractivity contribution is 0.221. The molecule has 0 rings (SSSR count). The van der Waals surface area contributed by atoms with E-state index in [2.05, 4.69) is 0 Å². The smallest absolute Gasteiger partial charge is 0.206 e. The zero-order valence-electron chi connectivity index (χ0n) is 18.8. The first kappa shape index (κ1) is 32.0. The number of hydrogen-bond donors (Lipinski definition) is 4. The van der Waals surface area contributed by atoms with E-state index in [0.29, 0.717) is 6.42 Å². The van der Waals surface area contributed by atoms with E-state index in [4.69, 9.17) is 10.2 Å². The normalized spacial score (nSPS) is 19.7. The summed E-state index contributed by atoms with van der Waals surface area (Å²) in [5.74, 6) is 0. The maximum absolute atomic E-state index is 11.6. The van der Waals surface area contributed by atoms with Crippen molar-refractivity contribution in [2.45, 2.75) is 110 Å². The summed E-state index contributed by atoms with van der Waals surface area (Å²) in [6.45, 7) is 15.4. The lowest BCUT2D eigenvalue weighted by atomic mass is 10.4. The molecule has 0 spiro atoms. The minimum atomic E-state index is -2.87. The Kier molecular flexibility index (Phi) is 20.4. The van der Waals surface area contributed by atoms with Crippen LogP contribution in [0, 0.1) is 0 Å². The van der Waals surface area contributed by atoms with E-state index >= 15 is 0 Å². The Balaban J connectivity index is -0.000000344. The molecule has 0 fully saturated rings. The summed E-state index contributed by atoms with van der Waals surface area (Å²) in [7, 11) is -5.75. The highest BCUT2D eigenvalue weighted by Crippen LogP contribution is 2.53. The molecule has 0 aromatic rings. The molecule has 0 amide bonds. The van der Waals surface area contributed by atoms with Crippen molar-refractivity contribution >= 4 is 14.7 Å². The van der Waals surface area contributed by atoms with Crippen LogP contribution in [0.4, 0.5) is 0 Å². The van der Waals surface area contributed by atoms with E-state index in [-0.39, 0.29) is 35.8 Å². The Morgan fingerprint density at radius 3 is 0.852 bits per heavy atom. The molecule has 0 aromatic carbocycles. The molecule has 6 nitrogen and oxygen atoms in total. The highest BCUT2D eigenvalue weighted by molar-refractivity contribution is 7.59. The second-order valence-electron chi connectivity index (χ2n) is 7.17. The Morgan fingerprint density at radius 2 is 0.778 bits per heavy atom. The SMILES string of the molecule is CCC(C)P(=O)(O)C(C)CC.CCC(C)P(=O)(O)C(C)CC.OCCCO. The first-order valence-electron chi connectivity index (χ1n) is 10.2. The van der Waals surface area contributed by atoms with Crippen LogP contribution in [0.1, 0.15) is 87.5 Å². The van der Waals surface area contributed by atoms with Crippen LogP contribution in [0.15, 0.2) is 0 Å². The van der Waals surface area contributed by atoms with Crippen molar-refractivity contribution in [3.63, 3.8) is 0 Å². The van der Waals surface area contributed by atoms with Gasteiger partial charge in [-0.2, -0.15) is 0 Å². The average molecular weight is 433 g/mol. The van der Waals surface area contributed by atoms with Crippen LogP contribution in [0.3, 0.4) is 0 Å². The second kappa shape index (κ2) is 17.2. The Morgan fingerprint density at radius 1 is 0.593 bits per heavy atom. The zero-order chi connectivity index (χ0) is 22.3. The fraction of sp³-hybridized carbons (Fsp3) is 1.00. The van der Waals surface area contributed by atoms with Crippen LogP contribution < -0.4 is 0 Å². The zero-order valence-corrected chi connectivity index (χ0v) is 20.5. The van der Waals surface area contributed by atoms with Gasteiger partial charge in [-0.3, -0.25) is 9.13 Å². The Labute approximate surface area is 167 Å². The highest BCUT2D eigenvalue weighted by atomic mass is 31.2. The maximum Gasteiger partial charge on any atom is 0.206 e. The monoisotopic (exact) mass is 432 g/mol. The maximum atomic E-state index is 11.6. The molecule has 27 heavy (non-hydrogen) atoms. The van der Waals surface area contributed by atoms with Crippen LogP contribution in [-0.4, -0.2) is 55.8 Å². The predicted molar refractivity (Wildman–Crippen MR) is 117 cm³/mol. The van der Waals surface area contributed by atoms with E-state index in [1.165, 1.54) is 0 Å². The van der Waals surface area contributed by atoms with Crippen LogP contribution in [0.2, 0.25) is 0 Å². The molecule has 0 radical (unpaired) electrons.